The van der Waals surface area contributed by atoms with E-state index in [2.05, 4.69) is 65.3 Å². The minimum atomic E-state index is 0.0942. The average Bonchev–Trinajstić information content (AvgIpc) is 2.84. The molecule has 138 valence electrons. The second-order valence-electron chi connectivity index (χ2n) is 7.18. The Morgan fingerprint density at radius 3 is 2.65 bits per heavy atom. The molecular formula is C21H28N4O. The molecule has 1 aromatic carbocycles. The van der Waals surface area contributed by atoms with Crippen LogP contribution in [0.4, 0.5) is 5.82 Å². The molecule has 2 heterocycles. The fourth-order valence-corrected chi connectivity index (χ4v) is 3.28. The lowest BCUT2D eigenvalue weighted by Crippen LogP contribution is -2.30. The first-order chi connectivity index (χ1) is 12.5. The van der Waals surface area contributed by atoms with E-state index in [1.54, 1.807) is 0 Å². The summed E-state index contributed by atoms with van der Waals surface area (Å²) in [6.45, 7) is 6.61. The topological polar surface area (TPSA) is 48.5 Å². The smallest absolute Gasteiger partial charge is 0.221 e. The van der Waals surface area contributed by atoms with Gasteiger partial charge in [-0.1, -0.05) is 36.4 Å². The molecule has 2 aromatic rings. The highest BCUT2D eigenvalue weighted by Crippen LogP contribution is 2.27. The van der Waals surface area contributed by atoms with Crippen LogP contribution in [0.3, 0.4) is 0 Å². The normalized spacial score (nSPS) is 18.5. The zero-order chi connectivity index (χ0) is 18.5. The van der Waals surface area contributed by atoms with Gasteiger partial charge in [-0.25, -0.2) is 4.98 Å². The van der Waals surface area contributed by atoms with Crippen LogP contribution in [0.2, 0.25) is 0 Å². The molecule has 1 unspecified atom stereocenters. The van der Waals surface area contributed by atoms with E-state index in [9.17, 15) is 4.79 Å². The third-order valence-corrected chi connectivity index (χ3v) is 5.06. The van der Waals surface area contributed by atoms with Crippen molar-refractivity contribution in [2.75, 3.05) is 25.0 Å². The summed E-state index contributed by atoms with van der Waals surface area (Å²) in [6.07, 6.45) is 2.45. The second kappa shape index (κ2) is 8.32. The summed E-state index contributed by atoms with van der Waals surface area (Å²) in [7, 11) is 2.06. The summed E-state index contributed by atoms with van der Waals surface area (Å²) in [5, 5.41) is 2.99. The van der Waals surface area contributed by atoms with Crippen molar-refractivity contribution in [1.29, 1.82) is 0 Å². The zero-order valence-corrected chi connectivity index (χ0v) is 15.9. The number of benzene rings is 1. The standard InChI is InChI=1S/C21H28N4O/c1-16(2)24(3)20-10-9-17(14-23-20)15-25-12-11-22-21(26)13-19(25)18-7-5-4-6-8-18/h4-10,14,16,19H,11-13,15H2,1-3H3,(H,22,26). The van der Waals surface area contributed by atoms with Crippen molar-refractivity contribution in [3.63, 3.8) is 0 Å². The highest BCUT2D eigenvalue weighted by atomic mass is 16.1. The van der Waals surface area contributed by atoms with E-state index in [1.165, 1.54) is 11.1 Å². The van der Waals surface area contributed by atoms with Crippen molar-refractivity contribution < 1.29 is 4.79 Å². The summed E-state index contributed by atoms with van der Waals surface area (Å²) in [4.78, 5) is 21.2. The number of pyridine rings is 1. The van der Waals surface area contributed by atoms with Crippen molar-refractivity contribution in [2.45, 2.75) is 38.9 Å². The number of carbonyl (C=O) groups excluding carboxylic acids is 1. The maximum absolute atomic E-state index is 12.1. The lowest BCUT2D eigenvalue weighted by atomic mass is 10.0. The average molecular weight is 352 g/mol. The molecule has 1 atom stereocenters. The molecular weight excluding hydrogens is 324 g/mol. The van der Waals surface area contributed by atoms with Gasteiger partial charge in [-0.05, 0) is 31.0 Å². The summed E-state index contributed by atoms with van der Waals surface area (Å²) >= 11 is 0. The Hall–Kier alpha value is -2.40. The van der Waals surface area contributed by atoms with Crippen molar-refractivity contribution in [3.8, 4) is 0 Å². The van der Waals surface area contributed by atoms with Crippen LogP contribution in [-0.4, -0.2) is 42.0 Å². The Labute approximate surface area is 156 Å². The van der Waals surface area contributed by atoms with Gasteiger partial charge in [-0.2, -0.15) is 0 Å². The second-order valence-corrected chi connectivity index (χ2v) is 7.18. The lowest BCUT2D eigenvalue weighted by Gasteiger charge is -2.29. The number of aromatic nitrogens is 1. The third-order valence-electron chi connectivity index (χ3n) is 5.06. The quantitative estimate of drug-likeness (QED) is 0.899. The van der Waals surface area contributed by atoms with Gasteiger partial charge in [0, 0.05) is 51.4 Å². The number of nitrogens with one attached hydrogen (secondary N) is 1. The van der Waals surface area contributed by atoms with Gasteiger partial charge in [0.2, 0.25) is 5.91 Å². The molecule has 5 nitrogen and oxygen atoms in total. The van der Waals surface area contributed by atoms with Crippen molar-refractivity contribution in [3.05, 3.63) is 59.8 Å². The first-order valence-corrected chi connectivity index (χ1v) is 9.28. The van der Waals surface area contributed by atoms with Crippen LogP contribution in [0, 0.1) is 0 Å². The molecule has 0 radical (unpaired) electrons. The number of hydrogen-bond donors (Lipinski definition) is 1. The number of carbonyl (C=O) groups is 1. The van der Waals surface area contributed by atoms with E-state index in [0.717, 1.165) is 18.9 Å². The van der Waals surface area contributed by atoms with Gasteiger partial charge < -0.3 is 10.2 Å². The van der Waals surface area contributed by atoms with E-state index >= 15 is 0 Å². The van der Waals surface area contributed by atoms with Gasteiger partial charge in [-0.3, -0.25) is 9.69 Å². The Bertz CT molecular complexity index is 715. The van der Waals surface area contributed by atoms with Gasteiger partial charge in [0.1, 0.15) is 5.82 Å². The molecule has 1 fully saturated rings. The zero-order valence-electron chi connectivity index (χ0n) is 15.9. The van der Waals surface area contributed by atoms with Crippen LogP contribution in [0.1, 0.15) is 37.4 Å². The first-order valence-electron chi connectivity index (χ1n) is 9.28. The van der Waals surface area contributed by atoms with Crippen LogP contribution in [0.5, 0.6) is 0 Å². The van der Waals surface area contributed by atoms with Gasteiger partial charge >= 0.3 is 0 Å². The molecule has 0 aliphatic carbocycles. The molecule has 3 rings (SSSR count). The Morgan fingerprint density at radius 1 is 1.23 bits per heavy atom. The minimum Gasteiger partial charge on any atom is -0.357 e. The summed E-state index contributed by atoms with van der Waals surface area (Å²) in [5.74, 6) is 1.10. The van der Waals surface area contributed by atoms with E-state index in [-0.39, 0.29) is 11.9 Å². The summed E-state index contributed by atoms with van der Waals surface area (Å²) < 4.78 is 0. The van der Waals surface area contributed by atoms with Gasteiger partial charge in [-0.15, -0.1) is 0 Å². The molecule has 1 aromatic heterocycles. The van der Waals surface area contributed by atoms with Gasteiger partial charge in [0.25, 0.3) is 0 Å². The maximum Gasteiger partial charge on any atom is 0.221 e. The van der Waals surface area contributed by atoms with E-state index in [1.807, 2.05) is 24.4 Å². The van der Waals surface area contributed by atoms with Crippen LogP contribution < -0.4 is 10.2 Å². The number of hydrogen-bond acceptors (Lipinski definition) is 4. The Kier molecular flexibility index (Phi) is 5.89. The molecule has 1 aliphatic heterocycles. The number of nitrogens with zero attached hydrogens (tertiary/aromatic N) is 3. The predicted octanol–water partition coefficient (Wildman–Crippen LogP) is 2.99. The van der Waals surface area contributed by atoms with Gasteiger partial charge in [0.05, 0.1) is 0 Å². The molecule has 5 heteroatoms. The molecule has 1 aliphatic rings. The Balaban J connectivity index is 1.78. The van der Waals surface area contributed by atoms with Gasteiger partial charge in [0.15, 0.2) is 0 Å². The molecule has 0 bridgehead atoms. The van der Waals surface area contributed by atoms with E-state index in [4.69, 9.17) is 0 Å². The summed E-state index contributed by atoms with van der Waals surface area (Å²) in [5.41, 5.74) is 2.36. The molecule has 26 heavy (non-hydrogen) atoms. The maximum atomic E-state index is 12.1. The van der Waals surface area contributed by atoms with Crippen LogP contribution in [0.15, 0.2) is 48.7 Å². The Morgan fingerprint density at radius 2 is 2.00 bits per heavy atom. The van der Waals surface area contributed by atoms with E-state index < -0.39 is 0 Å². The summed E-state index contributed by atoms with van der Waals surface area (Å²) in [6, 6.07) is 15.0. The highest BCUT2D eigenvalue weighted by Gasteiger charge is 2.26. The van der Waals surface area contributed by atoms with Crippen LogP contribution in [0.25, 0.3) is 0 Å². The van der Waals surface area contributed by atoms with Crippen LogP contribution in [-0.2, 0) is 11.3 Å². The molecule has 1 amide bonds. The SMILES string of the molecule is CC(C)N(C)c1ccc(CN2CCNC(=O)CC2c2ccccc2)cn1. The van der Waals surface area contributed by atoms with Crippen molar-refractivity contribution in [2.24, 2.45) is 0 Å². The third kappa shape index (κ3) is 4.41. The highest BCUT2D eigenvalue weighted by molar-refractivity contribution is 5.77. The number of rotatable bonds is 5. The lowest BCUT2D eigenvalue weighted by molar-refractivity contribution is -0.121. The largest absolute Gasteiger partial charge is 0.357 e. The molecule has 0 spiro atoms. The monoisotopic (exact) mass is 352 g/mol. The van der Waals surface area contributed by atoms with Crippen LogP contribution >= 0.6 is 0 Å². The molecule has 0 saturated carbocycles. The number of anilines is 1. The number of amides is 1. The fraction of sp³-hybridized carbons (Fsp3) is 0.429. The van der Waals surface area contributed by atoms with E-state index in [0.29, 0.717) is 19.0 Å². The van der Waals surface area contributed by atoms with Crippen molar-refractivity contribution in [1.82, 2.24) is 15.2 Å². The molecule has 1 saturated heterocycles. The van der Waals surface area contributed by atoms with Crippen molar-refractivity contribution >= 4 is 11.7 Å². The first kappa shape index (κ1) is 18.4. The predicted molar refractivity (Wildman–Crippen MR) is 105 cm³/mol. The molecule has 1 N–H and O–H groups in total. The fourth-order valence-electron chi connectivity index (χ4n) is 3.28. The minimum absolute atomic E-state index is 0.0942.